The van der Waals surface area contributed by atoms with Gasteiger partial charge in [-0.15, -0.1) is 0 Å². The second kappa shape index (κ2) is 12.0. The fourth-order valence-corrected chi connectivity index (χ4v) is 2.95. The maximum atomic E-state index is 11.8. The predicted molar refractivity (Wildman–Crippen MR) is 86.0 cm³/mol. The largest absolute Gasteiger partial charge is 0.752 e. The first-order valence-corrected chi connectivity index (χ1v) is 9.26. The van der Waals surface area contributed by atoms with E-state index in [2.05, 4.69) is 19.2 Å². The summed E-state index contributed by atoms with van der Waals surface area (Å²) < 4.78 is 21.5. The fraction of sp³-hybridized carbons (Fsp3) is 0.929. The summed E-state index contributed by atoms with van der Waals surface area (Å²) >= 11 is 0. The highest BCUT2D eigenvalue weighted by atomic mass is 28.4. The van der Waals surface area contributed by atoms with Gasteiger partial charge in [-0.1, -0.05) is 20.3 Å². The number of rotatable bonds is 7. The molecule has 1 N–H and O–H groups in total. The first-order chi connectivity index (χ1) is 9.70. The number of amides is 1. The second-order valence-electron chi connectivity index (χ2n) is 5.27. The van der Waals surface area contributed by atoms with Crippen LogP contribution in [0, 0.1) is 0 Å². The van der Waals surface area contributed by atoms with Crippen molar-refractivity contribution in [2.75, 3.05) is 19.8 Å². The Labute approximate surface area is 131 Å². The molecule has 0 saturated carbocycles. The molecular formula is C14H33NO5Si. The van der Waals surface area contributed by atoms with Gasteiger partial charge in [0.05, 0.1) is 0 Å². The van der Waals surface area contributed by atoms with Crippen LogP contribution in [0.2, 0.25) is 0 Å². The van der Waals surface area contributed by atoms with E-state index < -0.39 is 15.1 Å². The number of carbonyl (C=O) groups is 1. The minimum atomic E-state index is -3.37. The van der Waals surface area contributed by atoms with Gasteiger partial charge < -0.3 is 23.0 Å². The highest BCUT2D eigenvalue weighted by Crippen LogP contribution is 2.13. The van der Waals surface area contributed by atoms with E-state index in [9.17, 15) is 4.79 Å². The molecule has 0 spiro atoms. The summed E-state index contributed by atoms with van der Waals surface area (Å²) in [6, 6.07) is 0. The summed E-state index contributed by atoms with van der Waals surface area (Å²) in [6.45, 7) is 16.3. The van der Waals surface area contributed by atoms with Crippen molar-refractivity contribution in [1.82, 2.24) is 5.32 Å². The van der Waals surface area contributed by atoms with E-state index in [1.165, 1.54) is 6.42 Å². The number of nitrogens with one attached hydrogen (secondary N) is 1. The van der Waals surface area contributed by atoms with E-state index in [1.807, 2.05) is 20.8 Å². The van der Waals surface area contributed by atoms with Gasteiger partial charge in [0.1, 0.15) is 0 Å². The Kier molecular flexibility index (Phi) is 12.9. The van der Waals surface area contributed by atoms with Crippen molar-refractivity contribution in [2.45, 2.75) is 67.3 Å². The molecule has 0 atom stereocenters. The maximum Gasteiger partial charge on any atom is 0.752 e. The Balaban J connectivity index is 0. The summed E-state index contributed by atoms with van der Waals surface area (Å²) in [4.78, 5) is 11.8. The summed E-state index contributed by atoms with van der Waals surface area (Å²) in [5.74, 6) is 0. The SMILES string of the molecule is CCC.CCO[Si](OCC)(OCC)OC(=O)NC(C)(C)C. The third-order valence-electron chi connectivity index (χ3n) is 1.66. The van der Waals surface area contributed by atoms with Crippen molar-refractivity contribution in [1.29, 1.82) is 0 Å². The molecule has 1 amide bonds. The number of hydrogen-bond donors (Lipinski definition) is 1. The van der Waals surface area contributed by atoms with Crippen LogP contribution in [0.1, 0.15) is 61.8 Å². The van der Waals surface area contributed by atoms with Crippen LogP contribution in [0.5, 0.6) is 0 Å². The third kappa shape index (κ3) is 12.8. The molecule has 0 rings (SSSR count). The third-order valence-corrected chi connectivity index (χ3v) is 4.02. The van der Waals surface area contributed by atoms with Crippen LogP contribution in [0.3, 0.4) is 0 Å². The lowest BCUT2D eigenvalue weighted by Crippen LogP contribution is -2.54. The highest BCUT2D eigenvalue weighted by Gasteiger charge is 2.49. The molecule has 21 heavy (non-hydrogen) atoms. The van der Waals surface area contributed by atoms with Crippen molar-refractivity contribution in [2.24, 2.45) is 0 Å². The summed E-state index contributed by atoms with van der Waals surface area (Å²) in [5, 5.41) is 2.68. The predicted octanol–water partition coefficient (Wildman–Crippen LogP) is 3.47. The molecule has 0 aromatic rings. The lowest BCUT2D eigenvalue weighted by atomic mass is 10.1. The zero-order chi connectivity index (χ0) is 16.9. The Hall–Kier alpha value is -0.633. The fourth-order valence-electron chi connectivity index (χ4n) is 1.19. The topological polar surface area (TPSA) is 66.0 Å². The van der Waals surface area contributed by atoms with Crippen molar-refractivity contribution in [3.8, 4) is 0 Å². The summed E-state index contributed by atoms with van der Waals surface area (Å²) in [5.41, 5.74) is -0.387. The van der Waals surface area contributed by atoms with Crippen molar-refractivity contribution in [3.05, 3.63) is 0 Å². The van der Waals surface area contributed by atoms with E-state index in [4.69, 9.17) is 17.7 Å². The molecule has 128 valence electrons. The van der Waals surface area contributed by atoms with E-state index in [0.717, 1.165) is 0 Å². The van der Waals surface area contributed by atoms with Crippen LogP contribution in [0.15, 0.2) is 0 Å². The molecule has 0 fully saturated rings. The smallest absolute Gasteiger partial charge is 0.435 e. The standard InChI is InChI=1S/C11H25NO5Si.C3H8/c1-7-14-18(15-8-2,16-9-3)17-10(13)12-11(4,5)6;1-3-2/h7-9H2,1-6H3,(H,12,13);3H2,1-2H3. The lowest BCUT2D eigenvalue weighted by molar-refractivity contribution is -0.00695. The molecule has 0 unspecified atom stereocenters. The Bertz CT molecular complexity index is 252. The zero-order valence-corrected chi connectivity index (χ0v) is 15.9. The Morgan fingerprint density at radius 3 is 1.48 bits per heavy atom. The van der Waals surface area contributed by atoms with E-state index in [-0.39, 0.29) is 5.54 Å². The monoisotopic (exact) mass is 323 g/mol. The first-order valence-electron chi connectivity index (χ1n) is 7.63. The zero-order valence-electron chi connectivity index (χ0n) is 14.9. The molecule has 0 aliphatic carbocycles. The molecule has 6 nitrogen and oxygen atoms in total. The molecular weight excluding hydrogens is 290 g/mol. The van der Waals surface area contributed by atoms with Crippen LogP contribution in [-0.4, -0.2) is 40.5 Å². The number of carbonyl (C=O) groups excluding carboxylic acids is 1. The van der Waals surface area contributed by atoms with E-state index in [0.29, 0.717) is 19.8 Å². The van der Waals surface area contributed by atoms with Crippen molar-refractivity contribution in [3.63, 3.8) is 0 Å². The molecule has 0 heterocycles. The van der Waals surface area contributed by atoms with Gasteiger partial charge in [0.2, 0.25) is 0 Å². The van der Waals surface area contributed by atoms with Crippen LogP contribution in [0.4, 0.5) is 4.79 Å². The van der Waals surface area contributed by atoms with E-state index >= 15 is 0 Å². The lowest BCUT2D eigenvalue weighted by Gasteiger charge is -2.28. The van der Waals surface area contributed by atoms with Gasteiger partial charge in [0.15, 0.2) is 0 Å². The van der Waals surface area contributed by atoms with Gasteiger partial charge in [0, 0.05) is 25.4 Å². The molecule has 0 saturated heterocycles. The van der Waals surface area contributed by atoms with Crippen LogP contribution in [-0.2, 0) is 17.7 Å². The number of hydrogen-bond acceptors (Lipinski definition) is 5. The van der Waals surface area contributed by atoms with Gasteiger partial charge in [0.25, 0.3) is 0 Å². The molecule has 0 aromatic heterocycles. The molecule has 7 heteroatoms. The van der Waals surface area contributed by atoms with Gasteiger partial charge in [-0.2, -0.15) is 0 Å². The van der Waals surface area contributed by atoms with Gasteiger partial charge >= 0.3 is 15.1 Å². The molecule has 0 aliphatic heterocycles. The Morgan fingerprint density at radius 2 is 1.24 bits per heavy atom. The van der Waals surface area contributed by atoms with E-state index in [1.54, 1.807) is 20.8 Å². The first kappa shape index (κ1) is 22.6. The van der Waals surface area contributed by atoms with Crippen LogP contribution < -0.4 is 5.32 Å². The van der Waals surface area contributed by atoms with Crippen LogP contribution in [0.25, 0.3) is 0 Å². The van der Waals surface area contributed by atoms with Gasteiger partial charge in [-0.05, 0) is 41.5 Å². The molecule has 0 radical (unpaired) electrons. The minimum Gasteiger partial charge on any atom is -0.435 e. The molecule has 0 bridgehead atoms. The average molecular weight is 324 g/mol. The summed E-state index contributed by atoms with van der Waals surface area (Å²) in [6.07, 6.45) is 0.657. The van der Waals surface area contributed by atoms with Crippen LogP contribution >= 0.6 is 0 Å². The normalized spacial score (nSPS) is 11.4. The quantitative estimate of drug-likeness (QED) is 0.727. The second-order valence-corrected chi connectivity index (χ2v) is 7.34. The van der Waals surface area contributed by atoms with Crippen molar-refractivity contribution >= 4 is 15.1 Å². The molecule has 0 aliphatic rings. The maximum absolute atomic E-state index is 11.8. The minimum absolute atomic E-state index is 0.356. The molecule has 0 aromatic carbocycles. The average Bonchev–Trinajstić information content (AvgIpc) is 2.27. The van der Waals surface area contributed by atoms with Gasteiger partial charge in [-0.25, -0.2) is 4.79 Å². The van der Waals surface area contributed by atoms with Gasteiger partial charge in [-0.3, -0.25) is 0 Å². The Morgan fingerprint density at radius 1 is 0.905 bits per heavy atom. The van der Waals surface area contributed by atoms with Crippen molar-refractivity contribution < 1.29 is 22.5 Å². The summed E-state index contributed by atoms with van der Waals surface area (Å²) in [7, 11) is -3.37. The highest BCUT2D eigenvalue weighted by molar-refractivity contribution is 6.55.